The second-order valence-electron chi connectivity index (χ2n) is 6.32. The number of hydrogen-bond acceptors (Lipinski definition) is 4. The van der Waals surface area contributed by atoms with Crippen molar-refractivity contribution >= 4 is 6.40 Å². The van der Waals surface area contributed by atoms with Crippen molar-refractivity contribution in [2.45, 2.75) is 6.61 Å². The summed E-state index contributed by atoms with van der Waals surface area (Å²) in [6.45, 7) is -0.0272. The molecule has 0 N–H and O–H groups in total. The van der Waals surface area contributed by atoms with E-state index in [-0.39, 0.29) is 18.2 Å². The third-order valence-electron chi connectivity index (χ3n) is 4.29. The Kier molecular flexibility index (Phi) is 5.80. The molecule has 30 heavy (non-hydrogen) atoms. The van der Waals surface area contributed by atoms with Gasteiger partial charge in [0.1, 0.15) is 23.9 Å². The van der Waals surface area contributed by atoms with Gasteiger partial charge in [-0.1, -0.05) is 41.6 Å². The number of aromatic nitrogens is 2. The van der Waals surface area contributed by atoms with Gasteiger partial charge in [0.05, 0.1) is 11.9 Å². The summed E-state index contributed by atoms with van der Waals surface area (Å²) in [7, 11) is 0. The van der Waals surface area contributed by atoms with E-state index in [0.717, 1.165) is 12.1 Å². The minimum Gasteiger partial charge on any atom is -0.438 e. The first kappa shape index (κ1) is 19.3. The van der Waals surface area contributed by atoms with Crippen LogP contribution in [0.5, 0.6) is 5.75 Å². The van der Waals surface area contributed by atoms with Gasteiger partial charge in [0.2, 0.25) is 6.40 Å². The van der Waals surface area contributed by atoms with Crippen LogP contribution in [0.3, 0.4) is 0 Å². The molecule has 5 nitrogen and oxygen atoms in total. The SMILES string of the molecule is Fc1ccc(-c2nn(-c3ccccc3)cc2OC=NOCc2ccccc2F)cc1. The average molecular weight is 405 g/mol. The number of oxime groups is 1. The maximum atomic E-state index is 13.6. The van der Waals surface area contributed by atoms with E-state index < -0.39 is 0 Å². The summed E-state index contributed by atoms with van der Waals surface area (Å²) in [6, 6.07) is 21.7. The van der Waals surface area contributed by atoms with Crippen LogP contribution < -0.4 is 4.74 Å². The van der Waals surface area contributed by atoms with Crippen LogP contribution >= 0.6 is 0 Å². The van der Waals surface area contributed by atoms with Crippen LogP contribution in [-0.4, -0.2) is 16.2 Å². The zero-order valence-corrected chi connectivity index (χ0v) is 15.8. The molecule has 0 amide bonds. The Hall–Kier alpha value is -4.00. The Labute approximate surface area is 171 Å². The van der Waals surface area contributed by atoms with E-state index >= 15 is 0 Å². The number of benzene rings is 3. The van der Waals surface area contributed by atoms with Crippen LogP contribution in [0.4, 0.5) is 8.78 Å². The normalized spacial score (nSPS) is 11.0. The zero-order valence-electron chi connectivity index (χ0n) is 15.8. The highest BCUT2D eigenvalue weighted by Gasteiger charge is 2.13. The Bertz CT molecular complexity index is 1140. The van der Waals surface area contributed by atoms with Gasteiger partial charge in [-0.2, -0.15) is 5.10 Å². The van der Waals surface area contributed by atoms with E-state index in [0.29, 0.717) is 22.6 Å². The third kappa shape index (κ3) is 4.52. The summed E-state index contributed by atoms with van der Waals surface area (Å²) in [6.07, 6.45) is 2.80. The smallest absolute Gasteiger partial charge is 0.218 e. The molecule has 0 saturated heterocycles. The largest absolute Gasteiger partial charge is 0.438 e. The lowest BCUT2D eigenvalue weighted by Crippen LogP contribution is -1.95. The Morgan fingerprint density at radius 3 is 2.40 bits per heavy atom. The Morgan fingerprint density at radius 1 is 0.900 bits per heavy atom. The topological polar surface area (TPSA) is 48.6 Å². The molecule has 0 saturated carbocycles. The number of para-hydroxylation sites is 1. The van der Waals surface area contributed by atoms with Crippen LogP contribution in [0.25, 0.3) is 16.9 Å². The van der Waals surface area contributed by atoms with Gasteiger partial charge in [0.25, 0.3) is 0 Å². The second kappa shape index (κ2) is 9.00. The average Bonchev–Trinajstić information content (AvgIpc) is 3.20. The van der Waals surface area contributed by atoms with Crippen molar-refractivity contribution in [1.82, 2.24) is 9.78 Å². The van der Waals surface area contributed by atoms with Crippen molar-refractivity contribution in [3.8, 4) is 22.7 Å². The number of hydrogen-bond donors (Lipinski definition) is 0. The van der Waals surface area contributed by atoms with E-state index in [4.69, 9.17) is 9.57 Å². The molecule has 1 heterocycles. The van der Waals surface area contributed by atoms with Crippen molar-refractivity contribution in [2.75, 3.05) is 0 Å². The molecule has 3 aromatic carbocycles. The molecule has 0 bridgehead atoms. The van der Waals surface area contributed by atoms with E-state index in [9.17, 15) is 8.78 Å². The molecular weight excluding hydrogens is 388 g/mol. The van der Waals surface area contributed by atoms with Crippen molar-refractivity contribution in [3.63, 3.8) is 0 Å². The van der Waals surface area contributed by atoms with Gasteiger partial charge < -0.3 is 9.57 Å². The van der Waals surface area contributed by atoms with Gasteiger partial charge in [-0.05, 0) is 42.5 Å². The van der Waals surface area contributed by atoms with Crippen LogP contribution in [0.15, 0.2) is 90.2 Å². The van der Waals surface area contributed by atoms with Crippen LogP contribution in [0, 0.1) is 11.6 Å². The molecule has 0 fully saturated rings. The van der Waals surface area contributed by atoms with Crippen molar-refractivity contribution < 1.29 is 18.4 Å². The fraction of sp³-hybridized carbons (Fsp3) is 0.0435. The molecule has 0 aliphatic carbocycles. The summed E-state index contributed by atoms with van der Waals surface area (Å²) in [5, 5.41) is 8.28. The Morgan fingerprint density at radius 2 is 1.63 bits per heavy atom. The number of halogens is 2. The first-order chi connectivity index (χ1) is 14.7. The van der Waals surface area contributed by atoms with Crippen molar-refractivity contribution in [2.24, 2.45) is 5.16 Å². The van der Waals surface area contributed by atoms with Gasteiger partial charge in [-0.25, -0.2) is 13.5 Å². The first-order valence-corrected chi connectivity index (χ1v) is 9.15. The molecule has 1 aromatic heterocycles. The standard InChI is InChI=1S/C23H17F2N3O2/c24-19-12-10-17(11-13-19)23-22(14-28(27-23)20-7-2-1-3-8-20)29-16-26-30-15-18-6-4-5-9-21(18)25/h1-14,16H,15H2. The molecule has 0 radical (unpaired) electrons. The molecule has 0 aliphatic rings. The summed E-state index contributed by atoms with van der Waals surface area (Å²) in [5.41, 5.74) is 2.42. The highest BCUT2D eigenvalue weighted by Crippen LogP contribution is 2.29. The van der Waals surface area contributed by atoms with Gasteiger partial charge in [-0.3, -0.25) is 0 Å². The number of rotatable bonds is 7. The zero-order chi connectivity index (χ0) is 20.8. The van der Waals surface area contributed by atoms with Gasteiger partial charge in [-0.15, -0.1) is 0 Å². The minimum absolute atomic E-state index is 0.0272. The molecular formula is C23H17F2N3O2. The molecule has 0 atom stereocenters. The lowest BCUT2D eigenvalue weighted by Gasteiger charge is -2.02. The van der Waals surface area contributed by atoms with E-state index in [1.165, 1.54) is 18.2 Å². The van der Waals surface area contributed by atoms with Crippen molar-refractivity contribution in [3.05, 3.63) is 102 Å². The maximum absolute atomic E-state index is 13.6. The highest BCUT2D eigenvalue weighted by molar-refractivity contribution is 5.69. The summed E-state index contributed by atoms with van der Waals surface area (Å²) < 4.78 is 34.2. The van der Waals surface area contributed by atoms with E-state index in [1.807, 2.05) is 30.3 Å². The summed E-state index contributed by atoms with van der Waals surface area (Å²) >= 11 is 0. The summed E-state index contributed by atoms with van der Waals surface area (Å²) in [4.78, 5) is 5.10. The van der Waals surface area contributed by atoms with Crippen LogP contribution in [0.1, 0.15) is 5.56 Å². The second-order valence-corrected chi connectivity index (χ2v) is 6.32. The summed E-state index contributed by atoms with van der Waals surface area (Å²) in [5.74, 6) is -0.299. The van der Waals surface area contributed by atoms with Gasteiger partial charge in [0.15, 0.2) is 5.75 Å². The highest BCUT2D eigenvalue weighted by atomic mass is 19.1. The fourth-order valence-electron chi connectivity index (χ4n) is 2.80. The van der Waals surface area contributed by atoms with E-state index in [1.54, 1.807) is 41.2 Å². The molecule has 4 rings (SSSR count). The number of ether oxygens (including phenoxy) is 1. The predicted molar refractivity (Wildman–Crippen MR) is 109 cm³/mol. The monoisotopic (exact) mass is 405 g/mol. The molecule has 0 aliphatic heterocycles. The first-order valence-electron chi connectivity index (χ1n) is 9.15. The quantitative estimate of drug-likeness (QED) is 0.236. The minimum atomic E-state index is -0.364. The van der Waals surface area contributed by atoms with Gasteiger partial charge >= 0.3 is 0 Å². The van der Waals surface area contributed by atoms with Crippen LogP contribution in [-0.2, 0) is 11.4 Å². The van der Waals surface area contributed by atoms with E-state index in [2.05, 4.69) is 10.3 Å². The lowest BCUT2D eigenvalue weighted by molar-refractivity contribution is 0.125. The lowest BCUT2D eigenvalue weighted by atomic mass is 10.1. The molecule has 0 unspecified atom stereocenters. The fourth-order valence-corrected chi connectivity index (χ4v) is 2.80. The maximum Gasteiger partial charge on any atom is 0.218 e. The molecule has 7 heteroatoms. The van der Waals surface area contributed by atoms with Crippen LogP contribution in [0.2, 0.25) is 0 Å². The Balaban J connectivity index is 1.53. The van der Waals surface area contributed by atoms with Gasteiger partial charge in [0, 0.05) is 11.1 Å². The predicted octanol–water partition coefficient (Wildman–Crippen LogP) is 5.36. The van der Waals surface area contributed by atoms with Crippen molar-refractivity contribution in [1.29, 1.82) is 0 Å². The molecule has 4 aromatic rings. The number of nitrogens with zero attached hydrogens (tertiary/aromatic N) is 3. The molecule has 150 valence electrons. The third-order valence-corrected chi connectivity index (χ3v) is 4.29. The molecule has 0 spiro atoms.